The van der Waals surface area contributed by atoms with Gasteiger partial charge in [-0.25, -0.2) is 0 Å². The zero-order chi connectivity index (χ0) is 16.6. The first-order chi connectivity index (χ1) is 11.5. The van der Waals surface area contributed by atoms with Crippen molar-refractivity contribution < 1.29 is 48.0 Å². The fraction of sp³-hybridized carbons (Fsp3) is 0.273. The van der Waals surface area contributed by atoms with Crippen molar-refractivity contribution in [3.05, 3.63) is 81.9 Å². The molecule has 4 heteroatoms. The molecule has 0 saturated carbocycles. The molecule has 0 N–H and O–H groups in total. The predicted molar refractivity (Wildman–Crippen MR) is 101 cm³/mol. The summed E-state index contributed by atoms with van der Waals surface area (Å²) in [6.45, 7) is 10.1. The fourth-order valence-corrected chi connectivity index (χ4v) is 15.4. The molecule has 0 spiro atoms. The molecule has 0 fully saturated rings. The first-order valence-electron chi connectivity index (χ1n) is 8.89. The van der Waals surface area contributed by atoms with Gasteiger partial charge in [0.05, 0.1) is 0 Å². The van der Waals surface area contributed by atoms with E-state index in [1.807, 2.05) is 0 Å². The molecule has 132 valence electrons. The average molecular weight is 477 g/mol. The minimum atomic E-state index is -1.69. The first kappa shape index (κ1) is 20.3. The van der Waals surface area contributed by atoms with E-state index < -0.39 is 31.3 Å². The van der Waals surface area contributed by atoms with E-state index in [0.717, 1.165) is 7.25 Å². The van der Waals surface area contributed by atoms with E-state index in [-0.39, 0.29) is 24.8 Å². The number of halogens is 2. The molecule has 0 radical (unpaired) electrons. The molecule has 1 aliphatic heterocycles. The molecule has 2 aromatic carbocycles. The topological polar surface area (TPSA) is 0 Å². The van der Waals surface area contributed by atoms with Gasteiger partial charge in [0.2, 0.25) is 0 Å². The van der Waals surface area contributed by atoms with Gasteiger partial charge in [0.15, 0.2) is 0 Å². The molecule has 5 rings (SSSR count). The molecule has 1 heterocycles. The summed E-state index contributed by atoms with van der Waals surface area (Å²) in [6.07, 6.45) is 0. The summed E-state index contributed by atoms with van der Waals surface area (Å²) in [4.78, 5) is 0. The predicted octanol–water partition coefficient (Wildman–Crippen LogP) is -0.0659. The Labute approximate surface area is 181 Å². The van der Waals surface area contributed by atoms with Gasteiger partial charge in [-0.3, -0.25) is 0 Å². The van der Waals surface area contributed by atoms with Crippen LogP contribution >= 0.6 is 0 Å². The van der Waals surface area contributed by atoms with Crippen molar-refractivity contribution in [3.63, 3.8) is 0 Å². The monoisotopic (exact) mass is 474 g/mol. The van der Waals surface area contributed by atoms with Gasteiger partial charge >= 0.3 is 158 Å². The number of allylic oxidation sites excluding steroid dienone is 2. The Kier molecular flexibility index (Phi) is 5.39. The minimum absolute atomic E-state index is 0. The number of rotatable bonds is 0. The van der Waals surface area contributed by atoms with Crippen molar-refractivity contribution in [1.29, 1.82) is 0 Å². The van der Waals surface area contributed by atoms with E-state index in [2.05, 4.69) is 75.5 Å². The van der Waals surface area contributed by atoms with Gasteiger partial charge in [0.1, 0.15) is 0 Å². The molecule has 4 bridgehead atoms. The second-order valence-corrected chi connectivity index (χ2v) is 15.9. The van der Waals surface area contributed by atoms with Crippen LogP contribution in [0, 0.1) is 0 Å². The van der Waals surface area contributed by atoms with Crippen molar-refractivity contribution in [3.8, 4) is 0 Å². The Morgan fingerprint density at radius 1 is 0.692 bits per heavy atom. The summed E-state index contributed by atoms with van der Waals surface area (Å²) >= 11 is -0.635. The Morgan fingerprint density at radius 3 is 1.50 bits per heavy atom. The Balaban J connectivity index is 0.000000980. The minimum Gasteiger partial charge on any atom is -1.00 e. The van der Waals surface area contributed by atoms with E-state index >= 15 is 0 Å². The molecule has 26 heavy (non-hydrogen) atoms. The van der Waals surface area contributed by atoms with Crippen LogP contribution in [-0.2, 0) is 23.2 Å². The second-order valence-electron chi connectivity index (χ2n) is 7.95. The van der Waals surface area contributed by atoms with Crippen LogP contribution in [0.2, 0.25) is 13.1 Å². The Hall–Kier alpha value is -0.400. The summed E-state index contributed by atoms with van der Waals surface area (Å²) in [5, 5.41) is 3.52. The first-order valence-corrected chi connectivity index (χ1v) is 14.7. The smallest absolute Gasteiger partial charge is 1.00 e. The fourth-order valence-electron chi connectivity index (χ4n) is 5.51. The molecule has 0 nitrogen and oxygen atoms in total. The molecule has 2 aliphatic carbocycles. The average Bonchev–Trinajstić information content (AvgIpc) is 3.02. The van der Waals surface area contributed by atoms with E-state index in [0.29, 0.717) is 0 Å². The maximum atomic E-state index is 2.60. The number of hydrogen-bond donors (Lipinski definition) is 0. The van der Waals surface area contributed by atoms with Crippen LogP contribution in [0.4, 0.5) is 0 Å². The van der Waals surface area contributed by atoms with E-state index in [1.54, 1.807) is 43.8 Å². The molecule has 0 saturated heterocycles. The van der Waals surface area contributed by atoms with E-state index in [4.69, 9.17) is 0 Å². The van der Waals surface area contributed by atoms with E-state index in [1.165, 1.54) is 0 Å². The van der Waals surface area contributed by atoms with Crippen LogP contribution in [0.15, 0.2) is 59.7 Å². The van der Waals surface area contributed by atoms with Crippen LogP contribution in [0.3, 0.4) is 0 Å². The quantitative estimate of drug-likeness (QED) is 0.468. The van der Waals surface area contributed by atoms with Crippen LogP contribution in [0.25, 0.3) is 10.4 Å². The zero-order valence-electron chi connectivity index (χ0n) is 15.5. The molecule has 2 atom stereocenters. The normalized spacial score (nSPS) is 23.5. The van der Waals surface area contributed by atoms with Crippen LogP contribution in [-0.4, -0.2) is 8.07 Å². The van der Waals surface area contributed by atoms with E-state index in [9.17, 15) is 0 Å². The van der Waals surface area contributed by atoms with Crippen LogP contribution in [0.5, 0.6) is 0 Å². The van der Waals surface area contributed by atoms with Gasteiger partial charge < -0.3 is 24.8 Å². The van der Waals surface area contributed by atoms with Gasteiger partial charge in [0, 0.05) is 0 Å². The maximum absolute atomic E-state index is 2.60. The summed E-state index contributed by atoms with van der Waals surface area (Å²) < 4.78 is 1.55. The third-order valence-corrected chi connectivity index (χ3v) is 15.4. The number of benzene rings is 2. The molecule has 0 amide bonds. The summed E-state index contributed by atoms with van der Waals surface area (Å²) in [5.74, 6) is 0. The zero-order valence-corrected chi connectivity index (χ0v) is 20.5. The van der Waals surface area contributed by atoms with Crippen molar-refractivity contribution in [1.82, 2.24) is 0 Å². The third kappa shape index (κ3) is 2.49. The van der Waals surface area contributed by atoms with Gasteiger partial charge in [-0.1, -0.05) is 0 Å². The van der Waals surface area contributed by atoms with Crippen molar-refractivity contribution in [2.24, 2.45) is 0 Å². The standard InChI is InChI=1S/C22H22Si.2ClH.Zr/c1-15-13-17-9-5-7-11-19(17)21(15)23(3,4)22-16(2)14-18-10-6-8-12-20(18)22;;;/h5-14H,1-4H3;2*1H;/q;;;+2/p-2. The largest absolute Gasteiger partial charge is 1.00 e. The molecule has 1 unspecified atom stereocenters. The van der Waals surface area contributed by atoms with Crippen molar-refractivity contribution in [2.45, 2.75) is 34.2 Å². The van der Waals surface area contributed by atoms with Gasteiger partial charge in [-0.05, 0) is 0 Å². The van der Waals surface area contributed by atoms with Crippen molar-refractivity contribution in [2.75, 3.05) is 0 Å². The molecular formula is C22H22Cl2SiZr. The summed E-state index contributed by atoms with van der Waals surface area (Å²) in [6, 6.07) is 18.7. The summed E-state index contributed by atoms with van der Waals surface area (Å²) in [5.41, 5.74) is 10.0. The van der Waals surface area contributed by atoms with Crippen LogP contribution < -0.4 is 24.8 Å². The maximum Gasteiger partial charge on any atom is -1.00 e. The number of hydrogen-bond acceptors (Lipinski definition) is 0. The van der Waals surface area contributed by atoms with Crippen LogP contribution in [0.1, 0.15) is 43.4 Å². The second kappa shape index (κ2) is 6.89. The van der Waals surface area contributed by atoms with Gasteiger partial charge in [0.25, 0.3) is 0 Å². The third-order valence-electron chi connectivity index (χ3n) is 6.32. The Morgan fingerprint density at radius 2 is 1.08 bits per heavy atom. The molecular weight excluding hydrogens is 454 g/mol. The molecule has 2 aromatic rings. The number of fused-ring (bicyclic) bond motifs is 8. The Bertz CT molecular complexity index is 883. The molecule has 3 aliphatic rings. The van der Waals surface area contributed by atoms with Gasteiger partial charge in [-0.15, -0.1) is 0 Å². The molecule has 0 aromatic heterocycles. The SMILES string of the molecule is CC1=C2c3ccccc3[CH]1[Zr+2][C@H]1C(C)=C(c3ccccc31)[Si]2(C)C.[Cl-].[Cl-]. The summed E-state index contributed by atoms with van der Waals surface area (Å²) in [7, 11) is -1.69. The van der Waals surface area contributed by atoms with Gasteiger partial charge in [-0.2, -0.15) is 0 Å². The van der Waals surface area contributed by atoms with Crippen molar-refractivity contribution >= 4 is 18.5 Å².